The fourth-order valence-corrected chi connectivity index (χ4v) is 2.16. The zero-order chi connectivity index (χ0) is 13.2. The minimum atomic E-state index is 0.490. The van der Waals surface area contributed by atoms with Gasteiger partial charge in [-0.25, -0.2) is 9.97 Å². The summed E-state index contributed by atoms with van der Waals surface area (Å²) in [5.41, 5.74) is 7.91. The van der Waals surface area contributed by atoms with Gasteiger partial charge in [0, 0.05) is 30.3 Å². The maximum Gasteiger partial charge on any atom is 0.149 e. The molecule has 96 valence electrons. The Bertz CT molecular complexity index is 717. The van der Waals surface area contributed by atoms with Gasteiger partial charge in [0.2, 0.25) is 0 Å². The number of anilines is 2. The van der Waals surface area contributed by atoms with Crippen LogP contribution in [0.1, 0.15) is 5.82 Å². The number of aromatic nitrogens is 3. The van der Waals surface area contributed by atoms with Gasteiger partial charge in [0.25, 0.3) is 0 Å². The van der Waals surface area contributed by atoms with Crippen LogP contribution in [0.2, 0.25) is 0 Å². The van der Waals surface area contributed by atoms with Crippen LogP contribution in [0, 0.1) is 0 Å². The lowest BCUT2D eigenvalue weighted by Gasteiger charge is -2.04. The summed E-state index contributed by atoms with van der Waals surface area (Å²) in [4.78, 5) is 8.35. The van der Waals surface area contributed by atoms with E-state index in [9.17, 15) is 0 Å². The van der Waals surface area contributed by atoms with Gasteiger partial charge < -0.3 is 15.6 Å². The van der Waals surface area contributed by atoms with E-state index >= 15 is 0 Å². The highest BCUT2D eigenvalue weighted by atomic mass is 15.0. The van der Waals surface area contributed by atoms with Gasteiger partial charge in [-0.15, -0.1) is 0 Å². The lowest BCUT2D eigenvalue weighted by atomic mass is 10.2. The van der Waals surface area contributed by atoms with Gasteiger partial charge in [0.1, 0.15) is 11.6 Å². The molecule has 0 fully saturated rings. The normalized spacial score (nSPS) is 10.8. The minimum absolute atomic E-state index is 0.490. The van der Waals surface area contributed by atoms with Crippen molar-refractivity contribution in [3.05, 3.63) is 48.5 Å². The second kappa shape index (κ2) is 4.61. The smallest absolute Gasteiger partial charge is 0.149 e. The molecule has 19 heavy (non-hydrogen) atoms. The molecule has 0 unspecified atom stereocenters. The van der Waals surface area contributed by atoms with E-state index in [0.717, 1.165) is 5.69 Å². The fourth-order valence-electron chi connectivity index (χ4n) is 2.16. The van der Waals surface area contributed by atoms with Crippen LogP contribution >= 0.6 is 0 Å². The average Bonchev–Trinajstić information content (AvgIpc) is 2.74. The SMILES string of the molecule is Cn1cc(NCc2nccc(N)n2)c2ccccc21. The van der Waals surface area contributed by atoms with Crippen molar-refractivity contribution in [2.75, 3.05) is 11.1 Å². The van der Waals surface area contributed by atoms with Crippen LogP contribution in [-0.2, 0) is 13.6 Å². The van der Waals surface area contributed by atoms with E-state index in [0.29, 0.717) is 18.2 Å². The Morgan fingerprint density at radius 2 is 2.11 bits per heavy atom. The first-order valence-electron chi connectivity index (χ1n) is 6.09. The molecule has 0 saturated heterocycles. The Morgan fingerprint density at radius 3 is 2.95 bits per heavy atom. The highest BCUT2D eigenvalue weighted by Crippen LogP contribution is 2.25. The Kier molecular flexibility index (Phi) is 2.79. The zero-order valence-electron chi connectivity index (χ0n) is 10.7. The second-order valence-corrected chi connectivity index (χ2v) is 4.42. The van der Waals surface area contributed by atoms with E-state index in [1.54, 1.807) is 12.3 Å². The number of rotatable bonds is 3. The molecule has 3 aromatic rings. The highest BCUT2D eigenvalue weighted by Gasteiger charge is 2.05. The number of hydrogen-bond donors (Lipinski definition) is 2. The molecule has 3 rings (SSSR count). The van der Waals surface area contributed by atoms with Crippen molar-refractivity contribution in [3.63, 3.8) is 0 Å². The van der Waals surface area contributed by atoms with Gasteiger partial charge in [0.15, 0.2) is 0 Å². The van der Waals surface area contributed by atoms with Gasteiger partial charge in [-0.05, 0) is 12.1 Å². The van der Waals surface area contributed by atoms with Crippen molar-refractivity contribution in [1.29, 1.82) is 0 Å². The van der Waals surface area contributed by atoms with Crippen LogP contribution in [0.4, 0.5) is 11.5 Å². The van der Waals surface area contributed by atoms with E-state index < -0.39 is 0 Å². The van der Waals surface area contributed by atoms with Crippen molar-refractivity contribution in [2.45, 2.75) is 6.54 Å². The molecular weight excluding hydrogens is 238 g/mol. The first-order valence-corrected chi connectivity index (χ1v) is 6.09. The number of para-hydroxylation sites is 1. The molecule has 0 aliphatic rings. The van der Waals surface area contributed by atoms with Crippen molar-refractivity contribution in [1.82, 2.24) is 14.5 Å². The van der Waals surface area contributed by atoms with Crippen LogP contribution in [-0.4, -0.2) is 14.5 Å². The van der Waals surface area contributed by atoms with Crippen LogP contribution in [0.15, 0.2) is 42.7 Å². The molecule has 2 heterocycles. The van der Waals surface area contributed by atoms with Gasteiger partial charge >= 0.3 is 0 Å². The number of benzene rings is 1. The van der Waals surface area contributed by atoms with Gasteiger partial charge in [0.05, 0.1) is 12.2 Å². The lowest BCUT2D eigenvalue weighted by Crippen LogP contribution is -2.05. The standard InChI is InChI=1S/C14H15N5/c1-19-9-11(10-4-2-3-5-12(10)19)17-8-14-16-7-6-13(15)18-14/h2-7,9,17H,8H2,1H3,(H2,15,16,18). The van der Waals surface area contributed by atoms with E-state index in [-0.39, 0.29) is 0 Å². The van der Waals surface area contributed by atoms with E-state index in [4.69, 9.17) is 5.73 Å². The summed E-state index contributed by atoms with van der Waals surface area (Å²) in [6.45, 7) is 0.555. The van der Waals surface area contributed by atoms with Crippen molar-refractivity contribution in [2.24, 2.45) is 7.05 Å². The number of nitrogens with two attached hydrogens (primary N) is 1. The Balaban J connectivity index is 1.86. The molecule has 0 amide bonds. The molecule has 5 heteroatoms. The van der Waals surface area contributed by atoms with E-state index in [1.165, 1.54) is 10.9 Å². The third kappa shape index (κ3) is 2.22. The molecule has 5 nitrogen and oxygen atoms in total. The monoisotopic (exact) mass is 253 g/mol. The zero-order valence-corrected chi connectivity index (χ0v) is 10.7. The van der Waals surface area contributed by atoms with Crippen molar-refractivity contribution in [3.8, 4) is 0 Å². The number of hydrogen-bond acceptors (Lipinski definition) is 4. The first-order chi connectivity index (χ1) is 9.24. The third-order valence-electron chi connectivity index (χ3n) is 3.06. The summed E-state index contributed by atoms with van der Waals surface area (Å²) >= 11 is 0. The predicted octanol–water partition coefficient (Wildman–Crippen LogP) is 2.16. The topological polar surface area (TPSA) is 68.8 Å². The lowest BCUT2D eigenvalue weighted by molar-refractivity contribution is 0.943. The fraction of sp³-hybridized carbons (Fsp3) is 0.143. The summed E-state index contributed by atoms with van der Waals surface area (Å²) in [5.74, 6) is 1.18. The first kappa shape index (κ1) is 11.5. The molecule has 2 aromatic heterocycles. The number of aryl methyl sites for hydroxylation is 1. The summed E-state index contributed by atoms with van der Waals surface area (Å²) in [5, 5.41) is 4.54. The van der Waals surface area contributed by atoms with Crippen LogP contribution in [0.5, 0.6) is 0 Å². The Labute approximate surface area is 111 Å². The molecule has 0 aliphatic heterocycles. The van der Waals surface area contributed by atoms with Crippen molar-refractivity contribution >= 4 is 22.4 Å². The summed E-state index contributed by atoms with van der Waals surface area (Å²) in [6.07, 6.45) is 3.74. The molecule has 0 radical (unpaired) electrons. The van der Waals surface area contributed by atoms with Gasteiger partial charge in [-0.2, -0.15) is 0 Å². The van der Waals surface area contributed by atoms with Crippen LogP contribution in [0.3, 0.4) is 0 Å². The number of nitrogens with one attached hydrogen (secondary N) is 1. The number of nitrogens with zero attached hydrogens (tertiary/aromatic N) is 3. The molecule has 0 spiro atoms. The number of fused-ring (bicyclic) bond motifs is 1. The van der Waals surface area contributed by atoms with Crippen LogP contribution in [0.25, 0.3) is 10.9 Å². The second-order valence-electron chi connectivity index (χ2n) is 4.42. The maximum atomic E-state index is 5.64. The molecule has 1 aromatic carbocycles. The minimum Gasteiger partial charge on any atom is -0.384 e. The van der Waals surface area contributed by atoms with Gasteiger partial charge in [-0.3, -0.25) is 0 Å². The Morgan fingerprint density at radius 1 is 1.26 bits per heavy atom. The molecule has 3 N–H and O–H groups in total. The van der Waals surface area contributed by atoms with E-state index in [2.05, 4.69) is 38.2 Å². The molecule has 0 bridgehead atoms. The van der Waals surface area contributed by atoms with E-state index in [1.807, 2.05) is 19.2 Å². The maximum absolute atomic E-state index is 5.64. The quantitative estimate of drug-likeness (QED) is 0.750. The number of nitrogen functional groups attached to an aromatic ring is 1. The molecular formula is C14H15N5. The summed E-state index contributed by atoms with van der Waals surface area (Å²) in [7, 11) is 2.03. The average molecular weight is 253 g/mol. The molecule has 0 saturated carbocycles. The van der Waals surface area contributed by atoms with Gasteiger partial charge in [-0.1, -0.05) is 18.2 Å². The third-order valence-corrected chi connectivity index (χ3v) is 3.06. The molecule has 0 aliphatic carbocycles. The largest absolute Gasteiger partial charge is 0.384 e. The Hall–Kier alpha value is -2.56. The highest BCUT2D eigenvalue weighted by molar-refractivity contribution is 5.92. The van der Waals surface area contributed by atoms with Crippen molar-refractivity contribution < 1.29 is 0 Å². The molecule has 0 atom stereocenters. The van der Waals surface area contributed by atoms with Crippen LogP contribution < -0.4 is 11.1 Å². The summed E-state index contributed by atoms with van der Waals surface area (Å²) < 4.78 is 2.10. The predicted molar refractivity (Wildman–Crippen MR) is 76.7 cm³/mol. The summed E-state index contributed by atoms with van der Waals surface area (Å²) in [6, 6.07) is 9.94.